The minimum atomic E-state index is -1.11. The predicted molar refractivity (Wildman–Crippen MR) is 123 cm³/mol. The summed E-state index contributed by atoms with van der Waals surface area (Å²) >= 11 is 0. The first kappa shape index (κ1) is 21.5. The molecule has 0 aliphatic carbocycles. The molecule has 33 heavy (non-hydrogen) atoms. The van der Waals surface area contributed by atoms with Crippen molar-refractivity contribution in [1.82, 2.24) is 0 Å². The Morgan fingerprint density at radius 2 is 2.03 bits per heavy atom. The second-order valence-corrected chi connectivity index (χ2v) is 8.65. The van der Waals surface area contributed by atoms with Crippen LogP contribution in [0, 0.1) is 5.82 Å². The van der Waals surface area contributed by atoms with Gasteiger partial charge in [0.05, 0.1) is 29.7 Å². The maximum Gasteiger partial charge on any atom is 0.335 e. The zero-order chi connectivity index (χ0) is 23.1. The maximum atomic E-state index is 13.9. The first-order valence-electron chi connectivity index (χ1n) is 11.1. The number of carboxylic acids is 1. The molecule has 2 unspecified atom stereocenters. The Kier molecular flexibility index (Phi) is 5.54. The van der Waals surface area contributed by atoms with Crippen molar-refractivity contribution in [2.24, 2.45) is 0 Å². The molecule has 5 rings (SSSR count). The molecule has 0 bridgehead atoms. The highest BCUT2D eigenvalue weighted by Crippen LogP contribution is 2.40. The van der Waals surface area contributed by atoms with Crippen molar-refractivity contribution in [3.8, 4) is 0 Å². The Balaban J connectivity index is 1.67. The van der Waals surface area contributed by atoms with Gasteiger partial charge < -0.3 is 24.1 Å². The zero-order valence-corrected chi connectivity index (χ0v) is 18.3. The molecule has 2 aromatic carbocycles. The van der Waals surface area contributed by atoms with E-state index in [2.05, 4.69) is 0 Å². The van der Waals surface area contributed by atoms with E-state index in [1.165, 1.54) is 24.3 Å². The van der Waals surface area contributed by atoms with Crippen LogP contribution in [0.5, 0.6) is 0 Å². The van der Waals surface area contributed by atoms with Gasteiger partial charge in [-0.2, -0.15) is 0 Å². The van der Waals surface area contributed by atoms with Crippen LogP contribution < -0.4 is 15.2 Å². The number of hydrogen-bond donors (Lipinski definition) is 1. The number of hydrogen-bond acceptors (Lipinski definition) is 6. The third-order valence-corrected chi connectivity index (χ3v) is 6.40. The Bertz CT molecular complexity index is 1270. The lowest BCUT2D eigenvalue weighted by molar-refractivity contribution is 0.0517. The lowest BCUT2D eigenvalue weighted by Crippen LogP contribution is -2.41. The van der Waals surface area contributed by atoms with Crippen LogP contribution in [0.15, 0.2) is 51.7 Å². The number of anilines is 2. The molecule has 2 aliphatic rings. The van der Waals surface area contributed by atoms with Gasteiger partial charge in [-0.05, 0) is 50.1 Å². The summed E-state index contributed by atoms with van der Waals surface area (Å²) in [6.07, 6.45) is 1.59. The van der Waals surface area contributed by atoms with E-state index in [1.54, 1.807) is 12.1 Å². The molecule has 2 fully saturated rings. The van der Waals surface area contributed by atoms with Gasteiger partial charge in [-0.25, -0.2) is 9.18 Å². The smallest absolute Gasteiger partial charge is 0.335 e. The molecular weight excluding hydrogens is 427 g/mol. The molecule has 1 aromatic heterocycles. The van der Waals surface area contributed by atoms with Gasteiger partial charge in [-0.1, -0.05) is 6.07 Å². The van der Waals surface area contributed by atoms with E-state index < -0.39 is 5.97 Å². The molecule has 7 nitrogen and oxygen atoms in total. The Morgan fingerprint density at radius 1 is 1.18 bits per heavy atom. The van der Waals surface area contributed by atoms with Gasteiger partial charge in [0.1, 0.15) is 11.4 Å². The van der Waals surface area contributed by atoms with Crippen LogP contribution in [0.3, 0.4) is 0 Å². The fraction of sp³-hybridized carbons (Fsp3) is 0.360. The monoisotopic (exact) mass is 452 g/mol. The average molecular weight is 452 g/mol. The highest BCUT2D eigenvalue weighted by molar-refractivity contribution is 5.94. The minimum absolute atomic E-state index is 0.00639. The van der Waals surface area contributed by atoms with E-state index in [9.17, 15) is 19.1 Å². The Hall–Kier alpha value is -3.39. The topological polar surface area (TPSA) is 83.2 Å². The summed E-state index contributed by atoms with van der Waals surface area (Å²) in [5.41, 5.74) is 1.47. The van der Waals surface area contributed by atoms with Crippen LogP contribution in [-0.2, 0) is 4.74 Å². The van der Waals surface area contributed by atoms with Crippen LogP contribution in [0.25, 0.3) is 11.0 Å². The summed E-state index contributed by atoms with van der Waals surface area (Å²) in [7, 11) is 0. The van der Waals surface area contributed by atoms with Crippen molar-refractivity contribution >= 4 is 28.5 Å². The van der Waals surface area contributed by atoms with Crippen molar-refractivity contribution in [3.63, 3.8) is 0 Å². The highest BCUT2D eigenvalue weighted by atomic mass is 19.1. The van der Waals surface area contributed by atoms with Crippen LogP contribution in [0.4, 0.5) is 16.0 Å². The third-order valence-electron chi connectivity index (χ3n) is 6.40. The molecule has 2 saturated heterocycles. The van der Waals surface area contributed by atoms with Crippen LogP contribution >= 0.6 is 0 Å². The number of rotatable bonds is 4. The molecule has 8 heteroatoms. The minimum Gasteiger partial charge on any atom is -0.478 e. The number of morpholine rings is 1. The highest BCUT2D eigenvalue weighted by Gasteiger charge is 2.31. The summed E-state index contributed by atoms with van der Waals surface area (Å²) in [6, 6.07) is 10.5. The van der Waals surface area contributed by atoms with Crippen LogP contribution in [0.2, 0.25) is 0 Å². The van der Waals surface area contributed by atoms with E-state index in [1.807, 2.05) is 22.8 Å². The van der Waals surface area contributed by atoms with Crippen molar-refractivity contribution < 1.29 is 23.4 Å². The molecular formula is C25H25FN2O5. The summed E-state index contributed by atoms with van der Waals surface area (Å²) < 4.78 is 25.8. The normalized spacial score (nSPS) is 21.0. The van der Waals surface area contributed by atoms with E-state index >= 15 is 0 Å². The van der Waals surface area contributed by atoms with Gasteiger partial charge in [0, 0.05) is 37.0 Å². The first-order valence-corrected chi connectivity index (χ1v) is 11.1. The SMILES string of the molecule is CC1CN(c2cc(=O)c3cc(C(=O)O)cc(C4CCCN4c4cccc(F)c4)c3o2)CCO1. The molecule has 3 aromatic rings. The molecule has 0 amide bonds. The standard InChI is InChI=1S/C25H25FN2O5/c1-15-14-27(8-9-32-15)23-13-22(29)20-11-16(25(30)31)10-19(24(20)33-23)21-6-3-7-28(21)18-5-2-4-17(26)12-18/h2,4-5,10-13,15,21H,3,6-9,14H2,1H3,(H,30,31). The second-order valence-electron chi connectivity index (χ2n) is 8.65. The van der Waals surface area contributed by atoms with Crippen molar-refractivity contribution in [1.29, 1.82) is 0 Å². The lowest BCUT2D eigenvalue weighted by atomic mass is 9.98. The molecule has 172 valence electrons. The third kappa shape index (κ3) is 4.06. The molecule has 3 heterocycles. The summed E-state index contributed by atoms with van der Waals surface area (Å²) in [6.45, 7) is 4.38. The van der Waals surface area contributed by atoms with E-state index in [4.69, 9.17) is 9.15 Å². The summed E-state index contributed by atoms with van der Waals surface area (Å²) in [5, 5.41) is 9.93. The quantitative estimate of drug-likeness (QED) is 0.635. The Labute approximate surface area is 190 Å². The zero-order valence-electron chi connectivity index (χ0n) is 18.3. The van der Waals surface area contributed by atoms with E-state index in [0.717, 1.165) is 12.8 Å². The molecule has 0 radical (unpaired) electrons. The number of nitrogens with zero attached hydrogens (tertiary/aromatic N) is 2. The van der Waals surface area contributed by atoms with Gasteiger partial charge >= 0.3 is 5.97 Å². The number of aromatic carboxylic acids is 1. The van der Waals surface area contributed by atoms with Crippen molar-refractivity contribution in [3.05, 3.63) is 69.6 Å². The van der Waals surface area contributed by atoms with Gasteiger partial charge in [0.25, 0.3) is 0 Å². The number of benzene rings is 2. The molecule has 2 aliphatic heterocycles. The molecule has 0 spiro atoms. The van der Waals surface area contributed by atoms with Crippen molar-refractivity contribution in [2.75, 3.05) is 36.0 Å². The fourth-order valence-electron chi connectivity index (χ4n) is 4.87. The Morgan fingerprint density at radius 3 is 2.79 bits per heavy atom. The largest absolute Gasteiger partial charge is 0.478 e. The van der Waals surface area contributed by atoms with Crippen molar-refractivity contribution in [2.45, 2.75) is 31.9 Å². The number of halogens is 1. The predicted octanol–water partition coefficient (Wildman–Crippen LogP) is 4.20. The van der Waals surface area contributed by atoms with E-state index in [0.29, 0.717) is 49.0 Å². The first-order chi connectivity index (χ1) is 15.9. The van der Waals surface area contributed by atoms with E-state index in [-0.39, 0.29) is 34.3 Å². The second kappa shape index (κ2) is 8.51. The van der Waals surface area contributed by atoms with Gasteiger partial charge in [0.15, 0.2) is 11.3 Å². The van der Waals surface area contributed by atoms with Gasteiger partial charge in [-0.3, -0.25) is 4.79 Å². The van der Waals surface area contributed by atoms with Gasteiger partial charge in [-0.15, -0.1) is 0 Å². The number of carboxylic acid groups (broad SMARTS) is 1. The fourth-order valence-corrected chi connectivity index (χ4v) is 4.87. The summed E-state index contributed by atoms with van der Waals surface area (Å²) in [5.74, 6) is -1.00. The number of ether oxygens (including phenoxy) is 1. The number of fused-ring (bicyclic) bond motifs is 1. The lowest BCUT2D eigenvalue weighted by Gasteiger charge is -2.32. The van der Waals surface area contributed by atoms with Crippen LogP contribution in [-0.4, -0.2) is 43.4 Å². The maximum absolute atomic E-state index is 13.9. The van der Waals surface area contributed by atoms with Gasteiger partial charge in [0.2, 0.25) is 0 Å². The molecule has 1 N–H and O–H groups in total. The van der Waals surface area contributed by atoms with Crippen LogP contribution in [0.1, 0.15) is 41.7 Å². The molecule has 2 atom stereocenters. The summed E-state index contributed by atoms with van der Waals surface area (Å²) in [4.78, 5) is 29.0. The average Bonchev–Trinajstić information content (AvgIpc) is 3.28. The molecule has 0 saturated carbocycles. The number of carbonyl (C=O) groups is 1.